The third-order valence-corrected chi connectivity index (χ3v) is 2.82. The predicted octanol–water partition coefficient (Wildman–Crippen LogP) is 4.34. The Morgan fingerprint density at radius 2 is 2.10 bits per heavy atom. The first kappa shape index (κ1) is 14.2. The minimum Gasteiger partial charge on any atom is -0.458 e. The first-order valence-corrected chi connectivity index (χ1v) is 6.39. The van der Waals surface area contributed by atoms with Crippen LogP contribution in [0.2, 0.25) is 5.02 Å². The zero-order valence-corrected chi connectivity index (χ0v) is 11.5. The monoisotopic (exact) mass is 288 g/mol. The molecule has 0 aliphatic heterocycles. The van der Waals surface area contributed by atoms with Crippen molar-refractivity contribution >= 4 is 23.6 Å². The Bertz CT molecular complexity index is 641. The molecule has 20 heavy (non-hydrogen) atoms. The van der Waals surface area contributed by atoms with E-state index < -0.39 is 5.97 Å². The lowest BCUT2D eigenvalue weighted by Gasteiger charge is -1.99. The molecular formula is C16H13ClO3. The number of ether oxygens (including phenoxy) is 1. The van der Waals surface area contributed by atoms with Gasteiger partial charge in [0.15, 0.2) is 0 Å². The van der Waals surface area contributed by atoms with Gasteiger partial charge in [-0.05, 0) is 30.3 Å². The van der Waals surface area contributed by atoms with E-state index in [-0.39, 0.29) is 6.61 Å². The van der Waals surface area contributed by atoms with Crippen molar-refractivity contribution in [2.24, 2.45) is 0 Å². The van der Waals surface area contributed by atoms with Crippen LogP contribution in [0.3, 0.4) is 0 Å². The van der Waals surface area contributed by atoms with Crippen LogP contribution in [0.4, 0.5) is 0 Å². The number of rotatable bonds is 5. The molecule has 4 heteroatoms. The minimum atomic E-state index is -0.444. The Balaban J connectivity index is 2.10. The fraction of sp³-hybridized carbons (Fsp3) is 0.0625. The summed E-state index contributed by atoms with van der Waals surface area (Å²) in [6.45, 7) is 3.65. The number of esters is 1. The lowest BCUT2D eigenvalue weighted by Crippen LogP contribution is -1.99. The highest BCUT2D eigenvalue weighted by Gasteiger charge is 2.06. The Kier molecular flexibility index (Phi) is 4.80. The molecule has 0 atom stereocenters. The largest absolute Gasteiger partial charge is 0.458 e. The maximum absolute atomic E-state index is 11.3. The number of carbonyl (C=O) groups is 1. The maximum atomic E-state index is 11.3. The molecule has 0 saturated heterocycles. The van der Waals surface area contributed by atoms with Crippen LogP contribution in [0.15, 0.2) is 59.5 Å². The molecule has 1 aromatic carbocycles. The summed E-state index contributed by atoms with van der Waals surface area (Å²) in [6.07, 6.45) is 4.36. The van der Waals surface area contributed by atoms with Gasteiger partial charge in [-0.2, -0.15) is 0 Å². The number of hydrogen-bond acceptors (Lipinski definition) is 3. The van der Waals surface area contributed by atoms with Crippen molar-refractivity contribution in [3.63, 3.8) is 0 Å². The van der Waals surface area contributed by atoms with Crippen molar-refractivity contribution in [3.05, 3.63) is 65.9 Å². The van der Waals surface area contributed by atoms with Crippen LogP contribution in [0, 0.1) is 0 Å². The molecule has 0 aliphatic carbocycles. The van der Waals surface area contributed by atoms with Crippen LogP contribution in [0.1, 0.15) is 5.76 Å². The van der Waals surface area contributed by atoms with Gasteiger partial charge in [-0.3, -0.25) is 0 Å². The highest BCUT2D eigenvalue weighted by molar-refractivity contribution is 6.33. The summed E-state index contributed by atoms with van der Waals surface area (Å²) in [4.78, 5) is 11.3. The second-order valence-electron chi connectivity index (χ2n) is 3.93. The summed E-state index contributed by atoms with van der Waals surface area (Å²) in [5.74, 6) is 0.755. The van der Waals surface area contributed by atoms with Gasteiger partial charge in [-0.25, -0.2) is 4.79 Å². The lowest BCUT2D eigenvalue weighted by atomic mass is 10.2. The van der Waals surface area contributed by atoms with Crippen LogP contribution in [0.5, 0.6) is 0 Å². The summed E-state index contributed by atoms with van der Waals surface area (Å²) in [5.41, 5.74) is 0.808. The van der Waals surface area contributed by atoms with E-state index in [0.29, 0.717) is 16.5 Å². The smallest absolute Gasteiger partial charge is 0.331 e. The molecule has 102 valence electrons. The Labute approximate surface area is 122 Å². The average molecular weight is 289 g/mol. The summed E-state index contributed by atoms with van der Waals surface area (Å²) in [5, 5.41) is 0.614. The number of hydrogen-bond donors (Lipinski definition) is 0. The Morgan fingerprint density at radius 1 is 1.30 bits per heavy atom. The first-order chi connectivity index (χ1) is 9.70. The van der Waals surface area contributed by atoms with Crippen LogP contribution in [0.25, 0.3) is 17.4 Å². The molecule has 2 aromatic rings. The van der Waals surface area contributed by atoms with Crippen LogP contribution < -0.4 is 0 Å². The van der Waals surface area contributed by atoms with Gasteiger partial charge in [0.1, 0.15) is 18.1 Å². The summed E-state index contributed by atoms with van der Waals surface area (Å²) < 4.78 is 10.4. The predicted molar refractivity (Wildman–Crippen MR) is 79.3 cm³/mol. The molecule has 3 nitrogen and oxygen atoms in total. The SMILES string of the molecule is C=CCOC(=O)/C=C/c1ccc(-c2ccccc2Cl)o1. The number of halogens is 1. The molecule has 0 amide bonds. The highest BCUT2D eigenvalue weighted by atomic mass is 35.5. The highest BCUT2D eigenvalue weighted by Crippen LogP contribution is 2.29. The van der Waals surface area contributed by atoms with Crippen LogP contribution >= 0.6 is 11.6 Å². The fourth-order valence-corrected chi connectivity index (χ4v) is 1.82. The number of benzene rings is 1. The second-order valence-corrected chi connectivity index (χ2v) is 4.34. The second kappa shape index (κ2) is 6.78. The molecule has 1 aromatic heterocycles. The topological polar surface area (TPSA) is 39.4 Å². The van der Waals surface area contributed by atoms with Crippen molar-refractivity contribution in [1.82, 2.24) is 0 Å². The van der Waals surface area contributed by atoms with E-state index in [0.717, 1.165) is 5.56 Å². The molecule has 0 fully saturated rings. The van der Waals surface area contributed by atoms with E-state index in [2.05, 4.69) is 6.58 Å². The van der Waals surface area contributed by atoms with E-state index in [1.54, 1.807) is 24.3 Å². The van der Waals surface area contributed by atoms with Gasteiger partial charge in [0.2, 0.25) is 0 Å². The molecule has 0 saturated carbocycles. The standard InChI is InChI=1S/C16H13ClO3/c1-2-11-19-16(18)10-8-12-7-9-15(20-12)13-5-3-4-6-14(13)17/h2-10H,1,11H2/b10-8+. The van der Waals surface area contributed by atoms with Crippen molar-refractivity contribution in [2.45, 2.75) is 0 Å². The lowest BCUT2D eigenvalue weighted by molar-refractivity contribution is -0.136. The van der Waals surface area contributed by atoms with Crippen LogP contribution in [-0.4, -0.2) is 12.6 Å². The zero-order valence-electron chi connectivity index (χ0n) is 10.7. The average Bonchev–Trinajstić information content (AvgIpc) is 2.92. The van der Waals surface area contributed by atoms with Gasteiger partial charge in [0.05, 0.1) is 5.02 Å². The van der Waals surface area contributed by atoms with E-state index in [1.807, 2.05) is 18.2 Å². The van der Waals surface area contributed by atoms with E-state index >= 15 is 0 Å². The van der Waals surface area contributed by atoms with Gasteiger partial charge in [0.25, 0.3) is 0 Å². The summed E-state index contributed by atoms with van der Waals surface area (Å²) in [7, 11) is 0. The molecule has 1 heterocycles. The van der Waals surface area contributed by atoms with Gasteiger partial charge < -0.3 is 9.15 Å². The third kappa shape index (κ3) is 3.62. The van der Waals surface area contributed by atoms with E-state index in [9.17, 15) is 4.79 Å². The van der Waals surface area contributed by atoms with Crippen molar-refractivity contribution in [2.75, 3.05) is 6.61 Å². The van der Waals surface area contributed by atoms with Crippen molar-refractivity contribution in [3.8, 4) is 11.3 Å². The van der Waals surface area contributed by atoms with Crippen LogP contribution in [-0.2, 0) is 9.53 Å². The zero-order chi connectivity index (χ0) is 14.4. The maximum Gasteiger partial charge on any atom is 0.331 e. The number of carbonyl (C=O) groups excluding carboxylic acids is 1. The quantitative estimate of drug-likeness (QED) is 0.467. The number of furan rings is 1. The van der Waals surface area contributed by atoms with Crippen molar-refractivity contribution in [1.29, 1.82) is 0 Å². The van der Waals surface area contributed by atoms with E-state index in [1.165, 1.54) is 12.2 Å². The molecule has 0 unspecified atom stereocenters. The summed E-state index contributed by atoms with van der Waals surface area (Å²) in [6, 6.07) is 11.0. The van der Waals surface area contributed by atoms with Gasteiger partial charge >= 0.3 is 5.97 Å². The van der Waals surface area contributed by atoms with Gasteiger partial charge in [-0.1, -0.05) is 36.4 Å². The normalized spacial score (nSPS) is 10.7. The molecule has 2 rings (SSSR count). The fourth-order valence-electron chi connectivity index (χ4n) is 1.59. The minimum absolute atomic E-state index is 0.187. The molecule has 0 N–H and O–H groups in total. The summed E-state index contributed by atoms with van der Waals surface area (Å²) >= 11 is 6.09. The third-order valence-electron chi connectivity index (χ3n) is 2.49. The van der Waals surface area contributed by atoms with E-state index in [4.69, 9.17) is 20.8 Å². The Morgan fingerprint density at radius 3 is 2.85 bits per heavy atom. The molecule has 0 aliphatic rings. The molecule has 0 bridgehead atoms. The Hall–Kier alpha value is -2.26. The van der Waals surface area contributed by atoms with Gasteiger partial charge in [-0.15, -0.1) is 0 Å². The first-order valence-electron chi connectivity index (χ1n) is 6.01. The van der Waals surface area contributed by atoms with Crippen molar-refractivity contribution < 1.29 is 13.9 Å². The molecule has 0 radical (unpaired) electrons. The van der Waals surface area contributed by atoms with Gasteiger partial charge in [0, 0.05) is 11.6 Å². The molecular weight excluding hydrogens is 276 g/mol. The molecule has 0 spiro atoms.